The van der Waals surface area contributed by atoms with E-state index in [0.717, 1.165) is 11.8 Å². The molecule has 0 radical (unpaired) electrons. The summed E-state index contributed by atoms with van der Waals surface area (Å²) >= 11 is 0. The molecule has 100 valence electrons. The average Bonchev–Trinajstić information content (AvgIpc) is 2.71. The number of Topliss-reactive ketones (excluding diaryl/α,β-unsaturated/α-hetero) is 1. The predicted molar refractivity (Wildman–Crippen MR) is 66.6 cm³/mol. The Bertz CT molecular complexity index is 573. The first-order valence-electron chi connectivity index (χ1n) is 5.98. The number of carbonyl (C=O) groups is 1. The largest absolute Gasteiger partial charge is 0.299 e. The third-order valence-electron chi connectivity index (χ3n) is 2.91. The number of rotatable bonds is 5. The summed E-state index contributed by atoms with van der Waals surface area (Å²) in [7, 11) is 1.81. The predicted octanol–water partition coefficient (Wildman–Crippen LogP) is 2.44. The fourth-order valence-corrected chi connectivity index (χ4v) is 1.94. The normalized spacial score (nSPS) is 10.7. The summed E-state index contributed by atoms with van der Waals surface area (Å²) in [5.74, 6) is -1.37. The van der Waals surface area contributed by atoms with Crippen molar-refractivity contribution < 1.29 is 13.6 Å². The zero-order valence-corrected chi connectivity index (χ0v) is 10.6. The van der Waals surface area contributed by atoms with Gasteiger partial charge < -0.3 is 0 Å². The van der Waals surface area contributed by atoms with Crippen molar-refractivity contribution in [3.05, 3.63) is 53.4 Å². The van der Waals surface area contributed by atoms with E-state index >= 15 is 0 Å². The summed E-state index contributed by atoms with van der Waals surface area (Å²) in [5, 5.41) is 4.01. The number of benzene rings is 1. The monoisotopic (exact) mass is 264 g/mol. The van der Waals surface area contributed by atoms with Crippen molar-refractivity contribution in [2.45, 2.75) is 19.3 Å². The molecular formula is C14H14F2N2O. The first-order valence-corrected chi connectivity index (χ1v) is 5.98. The maximum atomic E-state index is 13.0. The number of carbonyl (C=O) groups excluding carboxylic acids is 1. The van der Waals surface area contributed by atoms with Crippen molar-refractivity contribution in [2.24, 2.45) is 7.05 Å². The Labute approximate surface area is 109 Å². The Kier molecular flexibility index (Phi) is 4.04. The fraction of sp³-hybridized carbons (Fsp3) is 0.286. The van der Waals surface area contributed by atoms with Gasteiger partial charge in [-0.05, 0) is 30.2 Å². The van der Waals surface area contributed by atoms with E-state index in [9.17, 15) is 13.6 Å². The molecule has 1 aromatic carbocycles. The molecule has 1 heterocycles. The van der Waals surface area contributed by atoms with Gasteiger partial charge in [0.1, 0.15) is 17.4 Å². The van der Waals surface area contributed by atoms with Crippen LogP contribution < -0.4 is 0 Å². The van der Waals surface area contributed by atoms with E-state index < -0.39 is 11.6 Å². The van der Waals surface area contributed by atoms with Crippen molar-refractivity contribution in [3.63, 3.8) is 0 Å². The quantitative estimate of drug-likeness (QED) is 0.831. The lowest BCUT2D eigenvalue weighted by atomic mass is 10.0. The molecule has 0 aliphatic carbocycles. The van der Waals surface area contributed by atoms with E-state index in [0.29, 0.717) is 18.4 Å². The van der Waals surface area contributed by atoms with Crippen molar-refractivity contribution >= 4 is 5.78 Å². The third kappa shape index (κ3) is 3.71. The maximum Gasteiger partial charge on any atom is 0.137 e. The van der Waals surface area contributed by atoms with E-state index in [1.165, 1.54) is 12.1 Å². The molecule has 0 N–H and O–H groups in total. The molecule has 2 rings (SSSR count). The van der Waals surface area contributed by atoms with E-state index in [2.05, 4.69) is 5.10 Å². The van der Waals surface area contributed by atoms with Gasteiger partial charge in [0.25, 0.3) is 0 Å². The van der Waals surface area contributed by atoms with Crippen LogP contribution >= 0.6 is 0 Å². The minimum absolute atomic E-state index is 0.0481. The highest BCUT2D eigenvalue weighted by molar-refractivity contribution is 5.81. The SMILES string of the molecule is Cn1nccc1CCC(=O)Cc1cc(F)cc(F)c1. The highest BCUT2D eigenvalue weighted by Gasteiger charge is 2.08. The topological polar surface area (TPSA) is 34.9 Å². The van der Waals surface area contributed by atoms with Crippen LogP contribution in [-0.2, 0) is 24.7 Å². The molecule has 0 saturated carbocycles. The number of aryl methyl sites for hydroxylation is 2. The lowest BCUT2D eigenvalue weighted by Crippen LogP contribution is -2.07. The Balaban J connectivity index is 1.92. The second-order valence-corrected chi connectivity index (χ2v) is 4.44. The summed E-state index contributed by atoms with van der Waals surface area (Å²) in [4.78, 5) is 11.8. The highest BCUT2D eigenvalue weighted by Crippen LogP contribution is 2.10. The number of halogens is 2. The second kappa shape index (κ2) is 5.73. The number of aromatic nitrogens is 2. The molecule has 0 saturated heterocycles. The Morgan fingerprint density at radius 2 is 1.95 bits per heavy atom. The van der Waals surface area contributed by atoms with Crippen LogP contribution in [0.3, 0.4) is 0 Å². The standard InChI is InChI=1S/C14H14F2N2O/c1-18-13(4-5-17-18)2-3-14(19)8-10-6-11(15)9-12(16)7-10/h4-7,9H,2-3,8H2,1H3. The van der Waals surface area contributed by atoms with Crippen molar-refractivity contribution in [2.75, 3.05) is 0 Å². The molecule has 0 aliphatic rings. The van der Waals surface area contributed by atoms with Gasteiger partial charge in [-0.3, -0.25) is 9.48 Å². The molecule has 0 unspecified atom stereocenters. The molecule has 0 amide bonds. The van der Waals surface area contributed by atoms with Gasteiger partial charge in [-0.15, -0.1) is 0 Å². The summed E-state index contributed by atoms with van der Waals surface area (Å²) in [6.07, 6.45) is 2.62. The van der Waals surface area contributed by atoms with Gasteiger partial charge in [0.05, 0.1) is 0 Å². The smallest absolute Gasteiger partial charge is 0.137 e. The first kappa shape index (κ1) is 13.4. The zero-order chi connectivity index (χ0) is 13.8. The van der Waals surface area contributed by atoms with Gasteiger partial charge >= 0.3 is 0 Å². The van der Waals surface area contributed by atoms with E-state index in [4.69, 9.17) is 0 Å². The lowest BCUT2D eigenvalue weighted by Gasteiger charge is -2.03. The van der Waals surface area contributed by atoms with Gasteiger partial charge in [-0.1, -0.05) is 0 Å². The van der Waals surface area contributed by atoms with E-state index in [1.807, 2.05) is 13.1 Å². The zero-order valence-electron chi connectivity index (χ0n) is 10.6. The molecule has 1 aromatic heterocycles. The molecule has 2 aromatic rings. The van der Waals surface area contributed by atoms with Crippen molar-refractivity contribution in [1.29, 1.82) is 0 Å². The van der Waals surface area contributed by atoms with E-state index in [1.54, 1.807) is 10.9 Å². The number of hydrogen-bond acceptors (Lipinski definition) is 2. The van der Waals surface area contributed by atoms with Crippen LogP contribution in [0.1, 0.15) is 17.7 Å². The Hall–Kier alpha value is -2.04. The van der Waals surface area contributed by atoms with Gasteiger partial charge in [-0.25, -0.2) is 8.78 Å². The second-order valence-electron chi connectivity index (χ2n) is 4.44. The minimum Gasteiger partial charge on any atom is -0.299 e. The van der Waals surface area contributed by atoms with Crippen LogP contribution in [-0.4, -0.2) is 15.6 Å². The number of hydrogen-bond donors (Lipinski definition) is 0. The fourth-order valence-electron chi connectivity index (χ4n) is 1.94. The highest BCUT2D eigenvalue weighted by atomic mass is 19.1. The molecule has 3 nitrogen and oxygen atoms in total. The van der Waals surface area contributed by atoms with Gasteiger partial charge in [0, 0.05) is 37.8 Å². The van der Waals surface area contributed by atoms with Gasteiger partial charge in [0.15, 0.2) is 0 Å². The number of ketones is 1. The summed E-state index contributed by atoms with van der Waals surface area (Å²) in [5.41, 5.74) is 1.33. The molecule has 0 fully saturated rings. The molecule has 0 bridgehead atoms. The van der Waals surface area contributed by atoms with Crippen molar-refractivity contribution in [3.8, 4) is 0 Å². The third-order valence-corrected chi connectivity index (χ3v) is 2.91. The summed E-state index contributed by atoms with van der Waals surface area (Å²) < 4.78 is 27.7. The van der Waals surface area contributed by atoms with E-state index in [-0.39, 0.29) is 12.2 Å². The summed E-state index contributed by atoms with van der Waals surface area (Å²) in [6, 6.07) is 5.01. The minimum atomic E-state index is -0.658. The average molecular weight is 264 g/mol. The maximum absolute atomic E-state index is 13.0. The van der Waals surface area contributed by atoms with Crippen LogP contribution in [0.5, 0.6) is 0 Å². The Morgan fingerprint density at radius 1 is 1.26 bits per heavy atom. The van der Waals surface area contributed by atoms with Gasteiger partial charge in [-0.2, -0.15) is 5.10 Å². The van der Waals surface area contributed by atoms with Crippen molar-refractivity contribution in [1.82, 2.24) is 9.78 Å². The van der Waals surface area contributed by atoms with Crippen LogP contribution in [0, 0.1) is 11.6 Å². The Morgan fingerprint density at radius 3 is 2.53 bits per heavy atom. The molecule has 19 heavy (non-hydrogen) atoms. The lowest BCUT2D eigenvalue weighted by molar-refractivity contribution is -0.118. The van der Waals surface area contributed by atoms with Crippen LogP contribution in [0.2, 0.25) is 0 Å². The first-order chi connectivity index (χ1) is 9.04. The molecular weight excluding hydrogens is 250 g/mol. The molecule has 0 spiro atoms. The molecule has 5 heteroatoms. The van der Waals surface area contributed by atoms with Crippen LogP contribution in [0.25, 0.3) is 0 Å². The molecule has 0 aliphatic heterocycles. The van der Waals surface area contributed by atoms with Gasteiger partial charge in [0.2, 0.25) is 0 Å². The summed E-state index contributed by atoms with van der Waals surface area (Å²) in [6.45, 7) is 0. The molecule has 0 atom stereocenters. The van der Waals surface area contributed by atoms with Crippen LogP contribution in [0.15, 0.2) is 30.5 Å². The van der Waals surface area contributed by atoms with Crippen LogP contribution in [0.4, 0.5) is 8.78 Å². The number of nitrogens with zero attached hydrogens (tertiary/aromatic N) is 2.